The number of aromatic amines is 1. The predicted molar refractivity (Wildman–Crippen MR) is 79.5 cm³/mol. The molecule has 1 aliphatic rings. The summed E-state index contributed by atoms with van der Waals surface area (Å²) in [6.07, 6.45) is 8.06. The zero-order valence-corrected chi connectivity index (χ0v) is 12.1. The molecule has 0 radical (unpaired) electrons. The monoisotopic (exact) mass is 271 g/mol. The van der Waals surface area contributed by atoms with E-state index in [0.717, 1.165) is 24.7 Å². The van der Waals surface area contributed by atoms with Crippen LogP contribution < -0.4 is 4.90 Å². The largest absolute Gasteiger partial charge is 0.363 e. The summed E-state index contributed by atoms with van der Waals surface area (Å²) in [5.74, 6) is 2.06. The lowest BCUT2D eigenvalue weighted by Gasteiger charge is -2.24. The molecule has 5 heteroatoms. The minimum absolute atomic E-state index is 0.474. The molecule has 0 unspecified atom stereocenters. The van der Waals surface area contributed by atoms with Gasteiger partial charge in [0.15, 0.2) is 0 Å². The van der Waals surface area contributed by atoms with Crippen LogP contribution in [0.1, 0.15) is 30.3 Å². The molecule has 0 amide bonds. The third-order valence-electron chi connectivity index (χ3n) is 3.88. The van der Waals surface area contributed by atoms with Crippen molar-refractivity contribution in [3.63, 3.8) is 0 Å². The minimum atomic E-state index is 0.474. The van der Waals surface area contributed by atoms with Crippen molar-refractivity contribution in [2.45, 2.75) is 25.4 Å². The number of rotatable bonds is 4. The molecular weight excluding hydrogens is 250 g/mol. The Labute approximate surface area is 119 Å². The molecule has 1 aliphatic heterocycles. The highest BCUT2D eigenvalue weighted by atomic mass is 15.2. The molecular formula is C15H21N5. The van der Waals surface area contributed by atoms with E-state index in [2.05, 4.69) is 36.9 Å². The molecule has 1 N–H and O–H groups in total. The van der Waals surface area contributed by atoms with Crippen LogP contribution in [0.2, 0.25) is 0 Å². The summed E-state index contributed by atoms with van der Waals surface area (Å²) in [6.45, 7) is 2.02. The summed E-state index contributed by atoms with van der Waals surface area (Å²) in [5, 5.41) is 0. The Morgan fingerprint density at radius 3 is 3.00 bits per heavy atom. The molecule has 2 aromatic rings. The van der Waals surface area contributed by atoms with Gasteiger partial charge in [-0.1, -0.05) is 0 Å². The Bertz CT molecular complexity index is 549. The van der Waals surface area contributed by atoms with Gasteiger partial charge in [-0.2, -0.15) is 0 Å². The van der Waals surface area contributed by atoms with E-state index in [0.29, 0.717) is 6.04 Å². The van der Waals surface area contributed by atoms with Crippen molar-refractivity contribution >= 4 is 5.82 Å². The maximum Gasteiger partial charge on any atom is 0.128 e. The van der Waals surface area contributed by atoms with Crippen molar-refractivity contribution in [2.75, 3.05) is 25.5 Å². The number of aromatic nitrogens is 3. The van der Waals surface area contributed by atoms with Crippen LogP contribution in [-0.2, 0) is 6.54 Å². The number of imidazole rings is 1. The van der Waals surface area contributed by atoms with Gasteiger partial charge in [0, 0.05) is 38.7 Å². The number of H-pyrrole nitrogens is 1. The van der Waals surface area contributed by atoms with Crippen LogP contribution in [0.5, 0.6) is 0 Å². The van der Waals surface area contributed by atoms with Crippen molar-refractivity contribution < 1.29 is 0 Å². The number of nitrogens with one attached hydrogen (secondary N) is 1. The van der Waals surface area contributed by atoms with Crippen molar-refractivity contribution in [2.24, 2.45) is 0 Å². The molecule has 3 heterocycles. The van der Waals surface area contributed by atoms with Crippen LogP contribution in [0.3, 0.4) is 0 Å². The summed E-state index contributed by atoms with van der Waals surface area (Å²) in [4.78, 5) is 16.5. The van der Waals surface area contributed by atoms with E-state index in [1.807, 2.05) is 32.7 Å². The van der Waals surface area contributed by atoms with Crippen LogP contribution in [0, 0.1) is 0 Å². The second-order valence-corrected chi connectivity index (χ2v) is 5.51. The van der Waals surface area contributed by atoms with Crippen LogP contribution in [0.4, 0.5) is 5.82 Å². The molecule has 1 saturated heterocycles. The first-order valence-electron chi connectivity index (χ1n) is 7.09. The Morgan fingerprint density at radius 2 is 2.25 bits per heavy atom. The van der Waals surface area contributed by atoms with E-state index < -0.39 is 0 Å². The maximum absolute atomic E-state index is 4.40. The van der Waals surface area contributed by atoms with Crippen molar-refractivity contribution in [1.82, 2.24) is 19.9 Å². The third-order valence-corrected chi connectivity index (χ3v) is 3.88. The normalized spacial score (nSPS) is 19.4. The zero-order chi connectivity index (χ0) is 13.9. The second-order valence-electron chi connectivity index (χ2n) is 5.51. The minimum Gasteiger partial charge on any atom is -0.363 e. The topological polar surface area (TPSA) is 48.0 Å². The summed E-state index contributed by atoms with van der Waals surface area (Å²) in [6, 6.07) is 4.81. The van der Waals surface area contributed by atoms with E-state index in [4.69, 9.17) is 0 Å². The van der Waals surface area contributed by atoms with E-state index in [9.17, 15) is 0 Å². The van der Waals surface area contributed by atoms with Gasteiger partial charge in [-0.05, 0) is 37.1 Å². The van der Waals surface area contributed by atoms with E-state index >= 15 is 0 Å². The van der Waals surface area contributed by atoms with E-state index in [1.165, 1.54) is 18.4 Å². The Morgan fingerprint density at radius 1 is 1.35 bits per heavy atom. The molecule has 3 rings (SSSR count). The van der Waals surface area contributed by atoms with Crippen molar-refractivity contribution in [1.29, 1.82) is 0 Å². The Kier molecular flexibility index (Phi) is 3.69. The Balaban J connectivity index is 1.79. The van der Waals surface area contributed by atoms with Gasteiger partial charge in [0.05, 0.1) is 6.54 Å². The number of likely N-dealkylation sites (tertiary alicyclic amines) is 1. The maximum atomic E-state index is 4.40. The number of nitrogens with zero attached hydrogens (tertiary/aromatic N) is 4. The average Bonchev–Trinajstić information content (AvgIpc) is 3.11. The summed E-state index contributed by atoms with van der Waals surface area (Å²) in [5.41, 5.74) is 1.35. The first-order chi connectivity index (χ1) is 9.74. The number of anilines is 1. The van der Waals surface area contributed by atoms with Crippen molar-refractivity contribution in [3.8, 4) is 0 Å². The highest BCUT2D eigenvalue weighted by Gasteiger charge is 2.26. The SMILES string of the molecule is CN(C)c1cc([C@H]2CCCN2Cc2ncc[nH]2)ccn1. The molecule has 0 bridgehead atoms. The lowest BCUT2D eigenvalue weighted by molar-refractivity contribution is 0.243. The fraction of sp³-hybridized carbons (Fsp3) is 0.467. The van der Waals surface area contributed by atoms with Gasteiger partial charge in [-0.15, -0.1) is 0 Å². The second kappa shape index (κ2) is 5.63. The molecule has 1 atom stereocenters. The smallest absolute Gasteiger partial charge is 0.128 e. The molecule has 0 aliphatic carbocycles. The van der Waals surface area contributed by atoms with Crippen LogP contribution in [0.15, 0.2) is 30.7 Å². The molecule has 2 aromatic heterocycles. The average molecular weight is 271 g/mol. The number of pyridine rings is 1. The highest BCUT2D eigenvalue weighted by molar-refractivity contribution is 5.40. The van der Waals surface area contributed by atoms with Gasteiger partial charge in [0.2, 0.25) is 0 Å². The highest BCUT2D eigenvalue weighted by Crippen LogP contribution is 2.33. The fourth-order valence-corrected chi connectivity index (χ4v) is 2.86. The fourth-order valence-electron chi connectivity index (χ4n) is 2.86. The predicted octanol–water partition coefficient (Wildman–Crippen LogP) is 2.21. The first-order valence-corrected chi connectivity index (χ1v) is 7.09. The number of hydrogen-bond acceptors (Lipinski definition) is 4. The van der Waals surface area contributed by atoms with E-state index in [-0.39, 0.29) is 0 Å². The molecule has 106 valence electrons. The van der Waals surface area contributed by atoms with Crippen LogP contribution >= 0.6 is 0 Å². The Hall–Kier alpha value is -1.88. The molecule has 0 saturated carbocycles. The van der Waals surface area contributed by atoms with Gasteiger partial charge in [-0.3, -0.25) is 4.90 Å². The lowest BCUT2D eigenvalue weighted by atomic mass is 10.1. The zero-order valence-electron chi connectivity index (χ0n) is 12.1. The van der Waals surface area contributed by atoms with Crippen LogP contribution in [-0.4, -0.2) is 40.5 Å². The van der Waals surface area contributed by atoms with Crippen molar-refractivity contribution in [3.05, 3.63) is 42.1 Å². The standard InChI is InChI=1S/C15H21N5/c1-19(2)15-10-12(5-6-18-15)13-4-3-9-20(13)11-14-16-7-8-17-14/h5-8,10,13H,3-4,9,11H2,1-2H3,(H,16,17)/t13-/m1/s1. The van der Waals surface area contributed by atoms with Gasteiger partial charge in [-0.25, -0.2) is 9.97 Å². The summed E-state index contributed by atoms with van der Waals surface area (Å²) < 4.78 is 0. The molecule has 1 fully saturated rings. The van der Waals surface area contributed by atoms with Gasteiger partial charge < -0.3 is 9.88 Å². The van der Waals surface area contributed by atoms with Gasteiger partial charge >= 0.3 is 0 Å². The van der Waals surface area contributed by atoms with Crippen LogP contribution in [0.25, 0.3) is 0 Å². The quantitative estimate of drug-likeness (QED) is 0.926. The third kappa shape index (κ3) is 2.67. The van der Waals surface area contributed by atoms with Gasteiger partial charge in [0.25, 0.3) is 0 Å². The number of hydrogen-bond donors (Lipinski definition) is 1. The molecule has 5 nitrogen and oxygen atoms in total. The lowest BCUT2D eigenvalue weighted by Crippen LogP contribution is -2.23. The molecule has 0 spiro atoms. The molecule has 0 aromatic carbocycles. The van der Waals surface area contributed by atoms with Gasteiger partial charge in [0.1, 0.15) is 11.6 Å². The first kappa shape index (κ1) is 13.1. The summed E-state index contributed by atoms with van der Waals surface area (Å²) in [7, 11) is 4.06. The summed E-state index contributed by atoms with van der Waals surface area (Å²) >= 11 is 0. The molecule has 20 heavy (non-hydrogen) atoms. The van der Waals surface area contributed by atoms with E-state index in [1.54, 1.807) is 0 Å².